The van der Waals surface area contributed by atoms with Crippen LogP contribution >= 0.6 is 0 Å². The Morgan fingerprint density at radius 3 is 1.07 bits per heavy atom. The second kappa shape index (κ2) is 20.0. The van der Waals surface area contributed by atoms with Gasteiger partial charge in [0.1, 0.15) is 59.5 Å². The highest BCUT2D eigenvalue weighted by atomic mass is 16.6. The highest BCUT2D eigenvalue weighted by Gasteiger charge is 2.38. The Morgan fingerprint density at radius 1 is 0.411 bits per heavy atom. The molecule has 0 heterocycles. The van der Waals surface area contributed by atoms with E-state index in [1.54, 1.807) is 42.5 Å². The Hall–Kier alpha value is -6.87. The molecule has 0 aliphatic carbocycles. The average molecular weight is 771 g/mol. The molecule has 292 valence electrons. The molecule has 0 radical (unpaired) electrons. The van der Waals surface area contributed by atoms with Crippen LogP contribution in [0, 0.1) is 5.41 Å². The molecule has 0 aromatic heterocycles. The van der Waals surface area contributed by atoms with Crippen molar-refractivity contribution < 1.29 is 71.5 Å². The van der Waals surface area contributed by atoms with Crippen LogP contribution in [0.4, 0.5) is 0 Å². The van der Waals surface area contributed by atoms with E-state index in [2.05, 4.69) is 0 Å². The van der Waals surface area contributed by atoms with Gasteiger partial charge in [0.15, 0.2) is 0 Å². The summed E-state index contributed by atoms with van der Waals surface area (Å²) >= 11 is 0. The van der Waals surface area contributed by atoms with Crippen LogP contribution in [0.1, 0.15) is 64.3 Å². The molecule has 0 atom stereocenters. The van der Waals surface area contributed by atoms with Crippen LogP contribution in [-0.4, -0.2) is 68.2 Å². The summed E-state index contributed by atoms with van der Waals surface area (Å²) in [6, 6.07) is 24.0. The van der Waals surface area contributed by atoms with Crippen LogP contribution in [0.2, 0.25) is 0 Å². The summed E-state index contributed by atoms with van der Waals surface area (Å²) in [6.45, 7) is 2.25. The molecule has 0 fully saturated rings. The maximum Gasteiger partial charge on any atom is 0.341 e. The number of esters is 7. The average Bonchev–Trinajstić information content (AvgIpc) is 3.15. The molecule has 0 aliphatic heterocycles. The Balaban J connectivity index is 1.72. The third kappa shape index (κ3) is 12.3. The van der Waals surface area contributed by atoms with Gasteiger partial charge in [-0.15, -0.1) is 0 Å². The number of para-hydroxylation sites is 4. The highest BCUT2D eigenvalue weighted by Crippen LogP contribution is 2.29. The number of benzene rings is 4. The lowest BCUT2D eigenvalue weighted by Crippen LogP contribution is -2.43. The molecule has 0 unspecified atom stereocenters. The van der Waals surface area contributed by atoms with Crippen molar-refractivity contribution in [3.05, 3.63) is 119 Å². The SMILES string of the molecule is CC(=O)Oc1ccccc1COCC(COC(=O)c1ccccc1OC(C)=O)(COC(=O)c1ccccc1OC(C)=O)COC(=O)c1ccccc1OC(C)=O. The van der Waals surface area contributed by atoms with Crippen molar-refractivity contribution in [1.29, 1.82) is 0 Å². The molecule has 56 heavy (non-hydrogen) atoms. The predicted molar refractivity (Wildman–Crippen MR) is 194 cm³/mol. The van der Waals surface area contributed by atoms with Gasteiger partial charge in [-0.3, -0.25) is 19.2 Å². The van der Waals surface area contributed by atoms with E-state index in [0.29, 0.717) is 5.56 Å². The van der Waals surface area contributed by atoms with Crippen LogP contribution in [0.5, 0.6) is 23.0 Å². The molecular formula is C41H38O15. The molecule has 0 spiro atoms. The number of ether oxygens (including phenoxy) is 8. The van der Waals surface area contributed by atoms with Gasteiger partial charge >= 0.3 is 41.8 Å². The molecule has 15 nitrogen and oxygen atoms in total. The third-order valence-corrected chi connectivity index (χ3v) is 7.50. The second-order valence-electron chi connectivity index (χ2n) is 12.2. The van der Waals surface area contributed by atoms with E-state index >= 15 is 0 Å². The molecule has 15 heteroatoms. The minimum absolute atomic E-state index is 0.0871. The minimum Gasteiger partial charge on any atom is -0.461 e. The summed E-state index contributed by atoms with van der Waals surface area (Å²) in [5, 5.41) is 0. The first-order valence-corrected chi connectivity index (χ1v) is 16.9. The minimum atomic E-state index is -1.68. The Morgan fingerprint density at radius 2 is 0.714 bits per heavy atom. The van der Waals surface area contributed by atoms with Gasteiger partial charge in [-0.25, -0.2) is 14.4 Å². The first-order valence-electron chi connectivity index (χ1n) is 16.9. The quantitative estimate of drug-likeness (QED) is 0.0746. The zero-order chi connectivity index (χ0) is 40.7. The van der Waals surface area contributed by atoms with Gasteiger partial charge in [-0.05, 0) is 42.5 Å². The maximum absolute atomic E-state index is 13.5. The number of hydrogen-bond donors (Lipinski definition) is 0. The zero-order valence-corrected chi connectivity index (χ0v) is 30.9. The van der Waals surface area contributed by atoms with E-state index in [0.717, 1.165) is 20.8 Å². The number of hydrogen-bond acceptors (Lipinski definition) is 15. The van der Waals surface area contributed by atoms with Crippen molar-refractivity contribution in [3.8, 4) is 23.0 Å². The second-order valence-corrected chi connectivity index (χ2v) is 12.2. The fourth-order valence-electron chi connectivity index (χ4n) is 5.03. The van der Waals surface area contributed by atoms with Crippen LogP contribution in [0.3, 0.4) is 0 Å². The van der Waals surface area contributed by atoms with Crippen molar-refractivity contribution in [3.63, 3.8) is 0 Å². The molecule has 0 saturated carbocycles. The van der Waals surface area contributed by atoms with E-state index in [1.807, 2.05) is 0 Å². The number of carbonyl (C=O) groups excluding carboxylic acids is 7. The van der Waals surface area contributed by atoms with Crippen LogP contribution < -0.4 is 18.9 Å². The summed E-state index contributed by atoms with van der Waals surface area (Å²) in [6.07, 6.45) is 0. The molecule has 4 rings (SSSR count). The molecule has 4 aromatic carbocycles. The summed E-state index contributed by atoms with van der Waals surface area (Å²) in [4.78, 5) is 87.6. The maximum atomic E-state index is 13.5. The molecule has 0 amide bonds. The van der Waals surface area contributed by atoms with E-state index in [-0.39, 0.29) is 46.3 Å². The molecule has 0 saturated heterocycles. The Bertz CT molecular complexity index is 1900. The molecule has 4 aromatic rings. The normalized spacial score (nSPS) is 10.7. The van der Waals surface area contributed by atoms with Gasteiger partial charge < -0.3 is 37.9 Å². The van der Waals surface area contributed by atoms with E-state index < -0.39 is 73.6 Å². The molecule has 0 bridgehead atoms. The topological polar surface area (TPSA) is 193 Å². The van der Waals surface area contributed by atoms with Gasteiger partial charge in [-0.1, -0.05) is 54.6 Å². The van der Waals surface area contributed by atoms with Crippen molar-refractivity contribution in [2.24, 2.45) is 5.41 Å². The lowest BCUT2D eigenvalue weighted by atomic mass is 9.92. The number of rotatable bonds is 17. The number of carbonyl (C=O) groups is 7. The smallest absolute Gasteiger partial charge is 0.341 e. The zero-order valence-electron chi connectivity index (χ0n) is 30.9. The molecule has 0 aliphatic rings. The standard InChI is InChI=1S/C41H38O15/c1-26(42)53-34-17-9-5-13-30(34)21-49-22-41(23-50-38(46)31-14-6-10-18-35(31)54-27(2)43,24-51-39(47)32-15-7-11-19-36(32)55-28(3)44)25-52-40(48)33-16-8-12-20-37(33)56-29(4)45/h5-20H,21-25H2,1-4H3. The summed E-state index contributed by atoms with van der Waals surface area (Å²) in [5.41, 5.74) is -1.59. The van der Waals surface area contributed by atoms with Crippen LogP contribution in [0.25, 0.3) is 0 Å². The van der Waals surface area contributed by atoms with Gasteiger partial charge in [0.05, 0.1) is 18.6 Å². The van der Waals surface area contributed by atoms with Crippen LogP contribution in [-0.2, 0) is 44.7 Å². The Kier molecular flexibility index (Phi) is 14.9. The van der Waals surface area contributed by atoms with E-state index in [9.17, 15) is 33.6 Å². The summed E-state index contributed by atoms with van der Waals surface area (Å²) < 4.78 is 44.1. The Labute approximate surface area is 321 Å². The van der Waals surface area contributed by atoms with Crippen LogP contribution in [0.15, 0.2) is 97.1 Å². The van der Waals surface area contributed by atoms with Gasteiger partial charge in [0.2, 0.25) is 0 Å². The lowest BCUT2D eigenvalue weighted by molar-refractivity contribution is -0.132. The predicted octanol–water partition coefficient (Wildman–Crippen LogP) is 5.46. The van der Waals surface area contributed by atoms with Gasteiger partial charge in [-0.2, -0.15) is 0 Å². The summed E-state index contributed by atoms with van der Waals surface area (Å²) in [7, 11) is 0. The molecular weight excluding hydrogens is 732 g/mol. The first kappa shape index (κ1) is 41.9. The largest absolute Gasteiger partial charge is 0.461 e. The van der Waals surface area contributed by atoms with Crippen molar-refractivity contribution in [1.82, 2.24) is 0 Å². The van der Waals surface area contributed by atoms with E-state index in [4.69, 9.17) is 37.9 Å². The van der Waals surface area contributed by atoms with Gasteiger partial charge in [0.25, 0.3) is 0 Å². The lowest BCUT2D eigenvalue weighted by Gasteiger charge is -2.32. The van der Waals surface area contributed by atoms with Crippen molar-refractivity contribution in [2.75, 3.05) is 26.4 Å². The van der Waals surface area contributed by atoms with E-state index in [1.165, 1.54) is 61.5 Å². The fourth-order valence-corrected chi connectivity index (χ4v) is 5.03. The van der Waals surface area contributed by atoms with Crippen molar-refractivity contribution in [2.45, 2.75) is 34.3 Å². The van der Waals surface area contributed by atoms with Gasteiger partial charge in [0, 0.05) is 33.3 Å². The highest BCUT2D eigenvalue weighted by molar-refractivity contribution is 5.95. The fraction of sp³-hybridized carbons (Fsp3) is 0.244. The first-order chi connectivity index (χ1) is 26.8. The molecule has 0 N–H and O–H groups in total. The summed E-state index contributed by atoms with van der Waals surface area (Å²) in [5.74, 6) is -5.56. The third-order valence-electron chi connectivity index (χ3n) is 7.50. The van der Waals surface area contributed by atoms with Crippen molar-refractivity contribution >= 4 is 41.8 Å². The monoisotopic (exact) mass is 770 g/mol.